The van der Waals surface area contributed by atoms with Crippen LogP contribution in [0.1, 0.15) is 25.0 Å². The SMILES string of the molecule is Cc1ccc(NC(N)=NCC(C)(C)Cc2ccccc2)cc1. The molecule has 0 heterocycles. The second kappa shape index (κ2) is 7.12. The number of hydrogen-bond donors (Lipinski definition) is 2. The van der Waals surface area contributed by atoms with Crippen LogP contribution < -0.4 is 11.1 Å². The van der Waals surface area contributed by atoms with Crippen LogP contribution in [0.15, 0.2) is 59.6 Å². The molecule has 2 aromatic rings. The van der Waals surface area contributed by atoms with Gasteiger partial charge < -0.3 is 11.1 Å². The molecule has 3 nitrogen and oxygen atoms in total. The molecule has 2 aromatic carbocycles. The van der Waals surface area contributed by atoms with E-state index in [2.05, 4.69) is 67.5 Å². The maximum atomic E-state index is 5.98. The number of benzene rings is 2. The molecule has 0 radical (unpaired) electrons. The molecule has 0 aliphatic rings. The van der Waals surface area contributed by atoms with Crippen LogP contribution in [0.5, 0.6) is 0 Å². The first-order valence-corrected chi connectivity index (χ1v) is 7.62. The number of aryl methyl sites for hydroxylation is 1. The summed E-state index contributed by atoms with van der Waals surface area (Å²) < 4.78 is 0. The molecule has 22 heavy (non-hydrogen) atoms. The van der Waals surface area contributed by atoms with Crippen molar-refractivity contribution in [1.82, 2.24) is 0 Å². The van der Waals surface area contributed by atoms with Gasteiger partial charge in [-0.15, -0.1) is 0 Å². The van der Waals surface area contributed by atoms with Crippen molar-refractivity contribution in [3.05, 3.63) is 65.7 Å². The van der Waals surface area contributed by atoms with Crippen LogP contribution in [0.3, 0.4) is 0 Å². The summed E-state index contributed by atoms with van der Waals surface area (Å²) >= 11 is 0. The summed E-state index contributed by atoms with van der Waals surface area (Å²) in [6.07, 6.45) is 0.981. The molecule has 0 bridgehead atoms. The number of anilines is 1. The Kier molecular flexibility index (Phi) is 5.21. The molecule has 0 spiro atoms. The van der Waals surface area contributed by atoms with Gasteiger partial charge in [0.15, 0.2) is 5.96 Å². The first-order chi connectivity index (χ1) is 10.4. The lowest BCUT2D eigenvalue weighted by Gasteiger charge is -2.22. The zero-order chi connectivity index (χ0) is 16.0. The van der Waals surface area contributed by atoms with Crippen molar-refractivity contribution in [3.63, 3.8) is 0 Å². The van der Waals surface area contributed by atoms with Gasteiger partial charge >= 0.3 is 0 Å². The van der Waals surface area contributed by atoms with Gasteiger partial charge in [0.05, 0.1) is 0 Å². The average Bonchev–Trinajstić information content (AvgIpc) is 2.48. The number of guanidine groups is 1. The van der Waals surface area contributed by atoms with E-state index < -0.39 is 0 Å². The van der Waals surface area contributed by atoms with Gasteiger partial charge in [0.25, 0.3) is 0 Å². The van der Waals surface area contributed by atoms with Crippen molar-refractivity contribution in [3.8, 4) is 0 Å². The predicted molar refractivity (Wildman–Crippen MR) is 95.2 cm³/mol. The lowest BCUT2D eigenvalue weighted by atomic mass is 9.86. The van der Waals surface area contributed by atoms with Crippen molar-refractivity contribution in [2.45, 2.75) is 27.2 Å². The van der Waals surface area contributed by atoms with E-state index in [-0.39, 0.29) is 5.41 Å². The van der Waals surface area contributed by atoms with Crippen LogP contribution >= 0.6 is 0 Å². The zero-order valence-electron chi connectivity index (χ0n) is 13.6. The topological polar surface area (TPSA) is 50.4 Å². The Bertz CT molecular complexity index is 613. The van der Waals surface area contributed by atoms with Crippen LogP contribution in [0.2, 0.25) is 0 Å². The van der Waals surface area contributed by atoms with Gasteiger partial charge in [-0.05, 0) is 36.5 Å². The number of nitrogens with two attached hydrogens (primary N) is 1. The lowest BCUT2D eigenvalue weighted by Crippen LogP contribution is -2.26. The molecule has 3 heteroatoms. The fraction of sp³-hybridized carbons (Fsp3) is 0.316. The maximum absolute atomic E-state index is 5.98. The summed E-state index contributed by atoms with van der Waals surface area (Å²) in [6.45, 7) is 7.17. The summed E-state index contributed by atoms with van der Waals surface area (Å²) in [5.41, 5.74) is 9.57. The predicted octanol–water partition coefficient (Wildman–Crippen LogP) is 3.99. The normalized spacial score (nSPS) is 12.2. The van der Waals surface area contributed by atoms with Gasteiger partial charge in [0.1, 0.15) is 0 Å². The van der Waals surface area contributed by atoms with Crippen LogP contribution in [-0.2, 0) is 6.42 Å². The molecule has 0 aliphatic heterocycles. The van der Waals surface area contributed by atoms with E-state index in [1.165, 1.54) is 11.1 Å². The highest BCUT2D eigenvalue weighted by atomic mass is 15.1. The number of nitrogens with zero attached hydrogens (tertiary/aromatic N) is 1. The summed E-state index contributed by atoms with van der Waals surface area (Å²) in [5.74, 6) is 0.463. The Morgan fingerprint density at radius 3 is 2.32 bits per heavy atom. The minimum atomic E-state index is 0.0704. The van der Waals surface area contributed by atoms with Crippen molar-refractivity contribution in [2.24, 2.45) is 16.1 Å². The van der Waals surface area contributed by atoms with E-state index in [1.807, 2.05) is 18.2 Å². The third kappa shape index (κ3) is 5.24. The fourth-order valence-electron chi connectivity index (χ4n) is 2.33. The Balaban J connectivity index is 1.92. The smallest absolute Gasteiger partial charge is 0.193 e. The highest BCUT2D eigenvalue weighted by molar-refractivity contribution is 5.92. The molecular weight excluding hydrogens is 270 g/mol. The molecule has 0 aliphatic carbocycles. The largest absolute Gasteiger partial charge is 0.370 e. The Morgan fingerprint density at radius 1 is 1.05 bits per heavy atom. The fourth-order valence-corrected chi connectivity index (χ4v) is 2.33. The monoisotopic (exact) mass is 295 g/mol. The summed E-state index contributed by atoms with van der Waals surface area (Å²) in [4.78, 5) is 4.49. The van der Waals surface area contributed by atoms with Gasteiger partial charge in [0.2, 0.25) is 0 Å². The Labute approximate surface area is 133 Å². The molecule has 3 N–H and O–H groups in total. The third-order valence-corrected chi connectivity index (χ3v) is 3.53. The molecule has 0 amide bonds. The second-order valence-electron chi connectivity index (χ2n) is 6.52. The van der Waals surface area contributed by atoms with Crippen molar-refractivity contribution in [2.75, 3.05) is 11.9 Å². The van der Waals surface area contributed by atoms with E-state index >= 15 is 0 Å². The quantitative estimate of drug-likeness (QED) is 0.647. The molecule has 0 unspecified atom stereocenters. The average molecular weight is 295 g/mol. The first-order valence-electron chi connectivity index (χ1n) is 7.62. The molecule has 0 atom stereocenters. The van der Waals surface area contributed by atoms with Crippen LogP contribution in [0, 0.1) is 12.3 Å². The number of aliphatic imine (C=N–C) groups is 1. The minimum absolute atomic E-state index is 0.0704. The highest BCUT2D eigenvalue weighted by Gasteiger charge is 2.18. The summed E-state index contributed by atoms with van der Waals surface area (Å²) in [5, 5.41) is 3.13. The van der Waals surface area contributed by atoms with E-state index in [9.17, 15) is 0 Å². The van der Waals surface area contributed by atoms with E-state index in [0.29, 0.717) is 12.5 Å². The van der Waals surface area contributed by atoms with Crippen LogP contribution in [0.4, 0.5) is 5.69 Å². The molecule has 0 fully saturated rings. The maximum Gasteiger partial charge on any atom is 0.193 e. The van der Waals surface area contributed by atoms with E-state index in [1.54, 1.807) is 0 Å². The minimum Gasteiger partial charge on any atom is -0.370 e. The Hall–Kier alpha value is -2.29. The van der Waals surface area contributed by atoms with Crippen LogP contribution in [0.25, 0.3) is 0 Å². The number of hydrogen-bond acceptors (Lipinski definition) is 1. The van der Waals surface area contributed by atoms with E-state index in [4.69, 9.17) is 5.73 Å². The number of rotatable bonds is 5. The Morgan fingerprint density at radius 2 is 1.68 bits per heavy atom. The third-order valence-electron chi connectivity index (χ3n) is 3.53. The molecule has 0 saturated carbocycles. The van der Waals surface area contributed by atoms with Crippen molar-refractivity contribution in [1.29, 1.82) is 0 Å². The van der Waals surface area contributed by atoms with Gasteiger partial charge in [-0.3, -0.25) is 4.99 Å². The van der Waals surface area contributed by atoms with Gasteiger partial charge in [-0.25, -0.2) is 0 Å². The standard InChI is InChI=1S/C19H25N3/c1-15-9-11-17(12-10-15)22-18(20)21-14-19(2,3)13-16-7-5-4-6-8-16/h4-12H,13-14H2,1-3H3,(H3,20,21,22). The second-order valence-corrected chi connectivity index (χ2v) is 6.52. The molecule has 0 saturated heterocycles. The zero-order valence-corrected chi connectivity index (χ0v) is 13.6. The van der Waals surface area contributed by atoms with E-state index in [0.717, 1.165) is 12.1 Å². The van der Waals surface area contributed by atoms with Gasteiger partial charge in [0, 0.05) is 12.2 Å². The first kappa shape index (κ1) is 16.1. The van der Waals surface area contributed by atoms with Gasteiger partial charge in [-0.1, -0.05) is 61.9 Å². The molecule has 2 rings (SSSR count). The molecule has 116 valence electrons. The van der Waals surface area contributed by atoms with Gasteiger partial charge in [-0.2, -0.15) is 0 Å². The molecular formula is C19H25N3. The number of nitrogens with one attached hydrogen (secondary N) is 1. The van der Waals surface area contributed by atoms with Crippen LogP contribution in [-0.4, -0.2) is 12.5 Å². The molecule has 0 aromatic heterocycles. The summed E-state index contributed by atoms with van der Waals surface area (Å²) in [6, 6.07) is 18.6. The lowest BCUT2D eigenvalue weighted by molar-refractivity contribution is 0.378. The highest BCUT2D eigenvalue weighted by Crippen LogP contribution is 2.22. The van der Waals surface area contributed by atoms with Crippen molar-refractivity contribution >= 4 is 11.6 Å². The van der Waals surface area contributed by atoms with Crippen molar-refractivity contribution < 1.29 is 0 Å². The summed E-state index contributed by atoms with van der Waals surface area (Å²) in [7, 11) is 0.